The summed E-state index contributed by atoms with van der Waals surface area (Å²) >= 11 is 0. The third-order valence-electron chi connectivity index (χ3n) is 5.47. The van der Waals surface area contributed by atoms with Gasteiger partial charge in [-0.05, 0) is 23.3 Å². The largest absolute Gasteiger partial charge is 0.396 e. The lowest BCUT2D eigenvalue weighted by atomic mass is 10.0. The van der Waals surface area contributed by atoms with E-state index in [0.29, 0.717) is 10.9 Å². The number of carbonyl (C=O) groups is 1. The molecule has 0 bridgehead atoms. The summed E-state index contributed by atoms with van der Waals surface area (Å²) in [7, 11) is 2.00. The number of nitrogen functional groups attached to an aromatic ring is 1. The maximum Gasteiger partial charge on any atom is 0.271 e. The number of nitrogens with zero attached hydrogens (tertiary/aromatic N) is 4. The highest BCUT2D eigenvalue weighted by atomic mass is 16.1. The number of anilines is 2. The topological polar surface area (TPSA) is 127 Å². The molecular weight excluding hydrogens is 402 g/mol. The van der Waals surface area contributed by atoms with Crippen molar-refractivity contribution in [2.45, 2.75) is 6.54 Å². The van der Waals surface area contributed by atoms with Crippen LogP contribution in [0.5, 0.6) is 0 Å². The Balaban J connectivity index is 1.53. The average molecular weight is 423 g/mol. The van der Waals surface area contributed by atoms with Crippen LogP contribution in [0.2, 0.25) is 0 Å². The number of primary amides is 1. The Morgan fingerprint density at radius 1 is 1.03 bits per heavy atom. The first-order valence-electron chi connectivity index (χ1n) is 10.1. The van der Waals surface area contributed by atoms with Gasteiger partial charge in [-0.2, -0.15) is 0 Å². The molecule has 32 heavy (non-hydrogen) atoms. The molecule has 8 heteroatoms. The van der Waals surface area contributed by atoms with Gasteiger partial charge in [-0.25, -0.2) is 4.98 Å². The van der Waals surface area contributed by atoms with Crippen molar-refractivity contribution in [1.29, 1.82) is 0 Å². The summed E-state index contributed by atoms with van der Waals surface area (Å²) < 4.78 is 0. The van der Waals surface area contributed by atoms with Crippen LogP contribution in [-0.4, -0.2) is 33.1 Å². The van der Waals surface area contributed by atoms with E-state index >= 15 is 0 Å². The number of imidazole rings is 1. The third-order valence-corrected chi connectivity index (χ3v) is 5.47. The minimum Gasteiger partial charge on any atom is -0.396 e. The SMILES string of the molecule is CN(Cc1ccccc1)c1nc2ccc(-c3cccc4c(N)c(C(N)=O)nnc34)cc2[nH]1. The highest BCUT2D eigenvalue weighted by Gasteiger charge is 2.16. The Morgan fingerprint density at radius 2 is 1.84 bits per heavy atom. The zero-order valence-corrected chi connectivity index (χ0v) is 17.4. The van der Waals surface area contributed by atoms with Crippen molar-refractivity contribution in [1.82, 2.24) is 20.2 Å². The van der Waals surface area contributed by atoms with Crippen LogP contribution in [0, 0.1) is 0 Å². The van der Waals surface area contributed by atoms with Crippen LogP contribution in [0.1, 0.15) is 16.1 Å². The van der Waals surface area contributed by atoms with Gasteiger partial charge in [0.15, 0.2) is 5.69 Å². The van der Waals surface area contributed by atoms with Gasteiger partial charge in [0.05, 0.1) is 16.7 Å². The van der Waals surface area contributed by atoms with Crippen LogP contribution in [0.25, 0.3) is 33.1 Å². The number of benzene rings is 3. The van der Waals surface area contributed by atoms with Crippen molar-refractivity contribution < 1.29 is 4.79 Å². The van der Waals surface area contributed by atoms with Gasteiger partial charge in [-0.15, -0.1) is 10.2 Å². The molecule has 0 atom stereocenters. The van der Waals surface area contributed by atoms with Crippen LogP contribution in [0.3, 0.4) is 0 Å². The molecule has 0 aliphatic carbocycles. The Bertz CT molecular complexity index is 1460. The summed E-state index contributed by atoms with van der Waals surface area (Å²) in [6.45, 7) is 0.744. The molecule has 5 aromatic rings. The highest BCUT2D eigenvalue weighted by Crippen LogP contribution is 2.32. The molecule has 1 amide bonds. The van der Waals surface area contributed by atoms with Gasteiger partial charge in [0.25, 0.3) is 5.91 Å². The molecule has 158 valence electrons. The summed E-state index contributed by atoms with van der Waals surface area (Å²) in [4.78, 5) is 21.8. The summed E-state index contributed by atoms with van der Waals surface area (Å²) in [6, 6.07) is 21.8. The van der Waals surface area contributed by atoms with Crippen LogP contribution in [0.4, 0.5) is 11.6 Å². The molecule has 0 fully saturated rings. The number of fused-ring (bicyclic) bond motifs is 2. The number of aromatic amines is 1. The van der Waals surface area contributed by atoms with Crippen molar-refractivity contribution in [3.63, 3.8) is 0 Å². The van der Waals surface area contributed by atoms with E-state index in [0.717, 1.165) is 34.7 Å². The molecule has 0 saturated heterocycles. The second-order valence-electron chi connectivity index (χ2n) is 7.66. The number of aromatic nitrogens is 4. The maximum atomic E-state index is 11.6. The van der Waals surface area contributed by atoms with E-state index < -0.39 is 5.91 Å². The first-order valence-corrected chi connectivity index (χ1v) is 10.1. The molecule has 2 heterocycles. The van der Waals surface area contributed by atoms with Crippen molar-refractivity contribution in [2.24, 2.45) is 5.73 Å². The molecule has 3 aromatic carbocycles. The van der Waals surface area contributed by atoms with Crippen molar-refractivity contribution >= 4 is 39.5 Å². The Hall–Kier alpha value is -4.46. The standard InChI is InChI=1S/C24H21N7O/c1-31(13-14-6-3-2-4-7-14)24-27-18-11-10-15(12-19(18)28-24)16-8-5-9-17-20(25)22(23(26)32)30-29-21(16)17/h2-12H,13H2,1H3,(H2,25,29)(H2,26,32)(H,27,28). The molecule has 2 aromatic heterocycles. The van der Waals surface area contributed by atoms with E-state index in [2.05, 4.69) is 32.2 Å². The predicted octanol–water partition coefficient (Wildman–Crippen LogP) is 3.49. The second-order valence-corrected chi connectivity index (χ2v) is 7.66. The molecule has 0 unspecified atom stereocenters. The van der Waals surface area contributed by atoms with E-state index in [9.17, 15) is 4.79 Å². The van der Waals surface area contributed by atoms with Crippen LogP contribution in [0.15, 0.2) is 66.7 Å². The number of nitrogens with two attached hydrogens (primary N) is 2. The van der Waals surface area contributed by atoms with E-state index in [4.69, 9.17) is 16.5 Å². The maximum absolute atomic E-state index is 11.6. The van der Waals surface area contributed by atoms with Gasteiger partial charge in [0.1, 0.15) is 5.52 Å². The minimum absolute atomic E-state index is 0.0234. The molecule has 0 radical (unpaired) electrons. The zero-order chi connectivity index (χ0) is 22.2. The smallest absolute Gasteiger partial charge is 0.271 e. The lowest BCUT2D eigenvalue weighted by molar-refractivity contribution is 0.0996. The molecule has 0 saturated carbocycles. The van der Waals surface area contributed by atoms with E-state index in [-0.39, 0.29) is 11.4 Å². The van der Waals surface area contributed by atoms with Crippen LogP contribution >= 0.6 is 0 Å². The van der Waals surface area contributed by atoms with Gasteiger partial charge in [0, 0.05) is 24.5 Å². The molecular formula is C24H21N7O. The van der Waals surface area contributed by atoms with Gasteiger partial charge < -0.3 is 21.4 Å². The third kappa shape index (κ3) is 3.37. The normalized spacial score (nSPS) is 11.2. The summed E-state index contributed by atoms with van der Waals surface area (Å²) in [5.41, 5.74) is 17.1. The quantitative estimate of drug-likeness (QED) is 0.397. The fourth-order valence-corrected chi connectivity index (χ4v) is 3.84. The summed E-state index contributed by atoms with van der Waals surface area (Å²) in [5.74, 6) is 0.0855. The number of rotatable bonds is 5. The summed E-state index contributed by atoms with van der Waals surface area (Å²) in [5, 5.41) is 8.82. The van der Waals surface area contributed by atoms with Crippen LogP contribution in [-0.2, 0) is 6.54 Å². The van der Waals surface area contributed by atoms with Gasteiger partial charge in [-0.3, -0.25) is 4.79 Å². The molecule has 8 nitrogen and oxygen atoms in total. The highest BCUT2D eigenvalue weighted by molar-refractivity contribution is 6.07. The predicted molar refractivity (Wildman–Crippen MR) is 126 cm³/mol. The van der Waals surface area contributed by atoms with Crippen molar-refractivity contribution in [3.8, 4) is 11.1 Å². The van der Waals surface area contributed by atoms with Gasteiger partial charge in [0.2, 0.25) is 5.95 Å². The number of H-pyrrole nitrogens is 1. The molecule has 0 aliphatic rings. The van der Waals surface area contributed by atoms with Gasteiger partial charge in [-0.1, -0.05) is 54.6 Å². The number of hydrogen-bond acceptors (Lipinski definition) is 6. The first-order chi connectivity index (χ1) is 15.5. The van der Waals surface area contributed by atoms with E-state index in [1.165, 1.54) is 5.56 Å². The number of amides is 1. The monoisotopic (exact) mass is 423 g/mol. The average Bonchev–Trinajstić information content (AvgIpc) is 3.23. The molecule has 0 spiro atoms. The number of nitrogens with one attached hydrogen (secondary N) is 1. The summed E-state index contributed by atoms with van der Waals surface area (Å²) in [6.07, 6.45) is 0. The number of carbonyl (C=O) groups excluding carboxylic acids is 1. The second kappa shape index (κ2) is 7.66. The fraction of sp³-hybridized carbons (Fsp3) is 0.0833. The van der Waals surface area contributed by atoms with E-state index in [1.54, 1.807) is 6.07 Å². The van der Waals surface area contributed by atoms with Gasteiger partial charge >= 0.3 is 0 Å². The zero-order valence-electron chi connectivity index (χ0n) is 17.4. The lowest BCUT2D eigenvalue weighted by Crippen LogP contribution is -2.17. The number of hydrogen-bond donors (Lipinski definition) is 3. The Kier molecular flexibility index (Phi) is 4.67. The fourth-order valence-electron chi connectivity index (χ4n) is 3.84. The Morgan fingerprint density at radius 3 is 2.62 bits per heavy atom. The molecule has 0 aliphatic heterocycles. The van der Waals surface area contributed by atoms with Crippen LogP contribution < -0.4 is 16.4 Å². The first kappa shape index (κ1) is 19.5. The minimum atomic E-state index is -0.701. The van der Waals surface area contributed by atoms with Crippen molar-refractivity contribution in [2.75, 3.05) is 17.7 Å². The lowest BCUT2D eigenvalue weighted by Gasteiger charge is -2.15. The van der Waals surface area contributed by atoms with E-state index in [1.807, 2.05) is 55.6 Å². The molecule has 5 N–H and O–H groups in total. The molecule has 5 rings (SSSR count). The van der Waals surface area contributed by atoms with Crippen molar-refractivity contribution in [3.05, 3.63) is 78.0 Å². The Labute approximate surface area is 183 Å².